The van der Waals surface area contributed by atoms with Crippen molar-refractivity contribution in [1.29, 1.82) is 0 Å². The van der Waals surface area contributed by atoms with E-state index >= 15 is 0 Å². The highest BCUT2D eigenvalue weighted by Gasteiger charge is 2.21. The molecule has 0 aromatic carbocycles. The Kier molecular flexibility index (Phi) is 3.46. The third-order valence-electron chi connectivity index (χ3n) is 2.84. The molecule has 2 heterocycles. The van der Waals surface area contributed by atoms with E-state index in [0.717, 1.165) is 5.69 Å². The molecule has 0 unspecified atom stereocenters. The molecule has 1 saturated carbocycles. The van der Waals surface area contributed by atoms with Crippen LogP contribution < -0.4 is 15.4 Å². The summed E-state index contributed by atoms with van der Waals surface area (Å²) < 4.78 is 10.5. The van der Waals surface area contributed by atoms with E-state index in [1.165, 1.54) is 12.8 Å². The van der Waals surface area contributed by atoms with Crippen molar-refractivity contribution in [3.63, 3.8) is 0 Å². The SMILES string of the molecule is COc1cc(C)nc(Nc2nnc(CNC3CC3)o2)n1. The number of hydrogen-bond acceptors (Lipinski definition) is 8. The smallest absolute Gasteiger partial charge is 0.322 e. The van der Waals surface area contributed by atoms with E-state index in [1.807, 2.05) is 6.92 Å². The topological polar surface area (TPSA) is 98.0 Å². The van der Waals surface area contributed by atoms with Gasteiger partial charge in [-0.15, -0.1) is 5.10 Å². The first-order valence-corrected chi connectivity index (χ1v) is 6.45. The molecular weight excluding hydrogens is 260 g/mol. The quantitative estimate of drug-likeness (QED) is 0.811. The maximum Gasteiger partial charge on any atom is 0.322 e. The molecule has 0 aliphatic heterocycles. The molecule has 3 rings (SSSR count). The van der Waals surface area contributed by atoms with Gasteiger partial charge in [0.05, 0.1) is 13.7 Å². The van der Waals surface area contributed by atoms with Crippen molar-refractivity contribution in [2.75, 3.05) is 12.4 Å². The van der Waals surface area contributed by atoms with Crippen LogP contribution >= 0.6 is 0 Å². The Balaban J connectivity index is 1.65. The van der Waals surface area contributed by atoms with Crippen LogP contribution in [-0.2, 0) is 6.54 Å². The van der Waals surface area contributed by atoms with Crippen LogP contribution in [0.2, 0.25) is 0 Å². The van der Waals surface area contributed by atoms with Crippen LogP contribution in [0.3, 0.4) is 0 Å². The van der Waals surface area contributed by atoms with E-state index in [1.54, 1.807) is 13.2 Å². The van der Waals surface area contributed by atoms with E-state index < -0.39 is 0 Å². The summed E-state index contributed by atoms with van der Waals surface area (Å²) in [6.45, 7) is 2.44. The number of methoxy groups -OCH3 is 1. The van der Waals surface area contributed by atoms with Crippen molar-refractivity contribution in [3.05, 3.63) is 17.7 Å². The molecule has 2 aromatic heterocycles. The summed E-state index contributed by atoms with van der Waals surface area (Å²) in [5.74, 6) is 1.39. The Bertz CT molecular complexity index is 595. The maximum absolute atomic E-state index is 5.46. The fraction of sp³-hybridized carbons (Fsp3) is 0.500. The highest BCUT2D eigenvalue weighted by atomic mass is 16.5. The lowest BCUT2D eigenvalue weighted by molar-refractivity contribution is 0.397. The summed E-state index contributed by atoms with van der Waals surface area (Å²) in [6.07, 6.45) is 2.44. The van der Waals surface area contributed by atoms with Crippen molar-refractivity contribution >= 4 is 12.0 Å². The van der Waals surface area contributed by atoms with Crippen LogP contribution in [0.4, 0.5) is 12.0 Å². The fourth-order valence-corrected chi connectivity index (χ4v) is 1.69. The van der Waals surface area contributed by atoms with E-state index in [-0.39, 0.29) is 6.01 Å². The number of aryl methyl sites for hydroxylation is 1. The predicted octanol–water partition coefficient (Wildman–Crippen LogP) is 1.17. The monoisotopic (exact) mass is 276 g/mol. The lowest BCUT2D eigenvalue weighted by Crippen LogP contribution is -2.15. The van der Waals surface area contributed by atoms with Crippen LogP contribution in [0.15, 0.2) is 10.5 Å². The van der Waals surface area contributed by atoms with E-state index in [2.05, 4.69) is 30.8 Å². The van der Waals surface area contributed by atoms with Gasteiger partial charge in [0.1, 0.15) is 0 Å². The van der Waals surface area contributed by atoms with Crippen molar-refractivity contribution in [1.82, 2.24) is 25.5 Å². The average Bonchev–Trinajstić information content (AvgIpc) is 3.16. The summed E-state index contributed by atoms with van der Waals surface area (Å²) >= 11 is 0. The minimum absolute atomic E-state index is 0.269. The van der Waals surface area contributed by atoms with Gasteiger partial charge in [0.2, 0.25) is 17.7 Å². The summed E-state index contributed by atoms with van der Waals surface area (Å²) in [5.41, 5.74) is 0.787. The molecule has 8 nitrogen and oxygen atoms in total. The first kappa shape index (κ1) is 12.8. The number of hydrogen-bond donors (Lipinski definition) is 2. The van der Waals surface area contributed by atoms with Gasteiger partial charge in [0, 0.05) is 17.8 Å². The lowest BCUT2D eigenvalue weighted by Gasteiger charge is -2.03. The molecule has 0 atom stereocenters. The number of nitrogens with zero attached hydrogens (tertiary/aromatic N) is 4. The van der Waals surface area contributed by atoms with Gasteiger partial charge in [-0.25, -0.2) is 4.98 Å². The Morgan fingerprint density at radius 1 is 1.35 bits per heavy atom. The number of aromatic nitrogens is 4. The molecule has 0 amide bonds. The first-order chi connectivity index (χ1) is 9.72. The third kappa shape index (κ3) is 3.21. The Morgan fingerprint density at radius 3 is 2.95 bits per heavy atom. The molecule has 1 fully saturated rings. The largest absolute Gasteiger partial charge is 0.481 e. The second-order valence-electron chi connectivity index (χ2n) is 4.66. The van der Waals surface area contributed by atoms with Crippen molar-refractivity contribution < 1.29 is 9.15 Å². The Labute approximate surface area is 116 Å². The van der Waals surface area contributed by atoms with Crippen molar-refractivity contribution in [2.45, 2.75) is 32.4 Å². The minimum Gasteiger partial charge on any atom is -0.481 e. The fourth-order valence-electron chi connectivity index (χ4n) is 1.69. The molecule has 8 heteroatoms. The zero-order chi connectivity index (χ0) is 13.9. The molecule has 0 spiro atoms. The molecular formula is C12H16N6O2. The average molecular weight is 276 g/mol. The van der Waals surface area contributed by atoms with Gasteiger partial charge in [-0.1, -0.05) is 5.10 Å². The second-order valence-corrected chi connectivity index (χ2v) is 4.66. The predicted molar refractivity (Wildman–Crippen MR) is 70.8 cm³/mol. The third-order valence-corrected chi connectivity index (χ3v) is 2.84. The Morgan fingerprint density at radius 2 is 2.20 bits per heavy atom. The van der Waals surface area contributed by atoms with E-state index in [0.29, 0.717) is 30.3 Å². The van der Waals surface area contributed by atoms with E-state index in [9.17, 15) is 0 Å². The zero-order valence-electron chi connectivity index (χ0n) is 11.4. The van der Waals surface area contributed by atoms with Crippen LogP contribution in [-0.4, -0.2) is 33.3 Å². The molecule has 0 bridgehead atoms. The van der Waals surface area contributed by atoms with Gasteiger partial charge in [-0.3, -0.25) is 5.32 Å². The molecule has 20 heavy (non-hydrogen) atoms. The molecule has 0 saturated heterocycles. The Hall–Kier alpha value is -2.22. The van der Waals surface area contributed by atoms with Gasteiger partial charge >= 0.3 is 6.01 Å². The molecule has 1 aliphatic rings. The number of rotatable bonds is 6. The van der Waals surface area contributed by atoms with E-state index in [4.69, 9.17) is 9.15 Å². The molecule has 2 aromatic rings. The first-order valence-electron chi connectivity index (χ1n) is 6.45. The van der Waals surface area contributed by atoms with Gasteiger partial charge in [0.15, 0.2) is 0 Å². The standard InChI is InChI=1S/C12H16N6O2/c1-7-5-9(19-2)15-11(14-7)16-12-18-17-10(20-12)6-13-8-3-4-8/h5,8,13H,3-4,6H2,1-2H3,(H,14,15,16,18). The van der Waals surface area contributed by atoms with Crippen LogP contribution in [0.5, 0.6) is 5.88 Å². The lowest BCUT2D eigenvalue weighted by atomic mass is 10.4. The molecule has 1 aliphatic carbocycles. The van der Waals surface area contributed by atoms with Crippen molar-refractivity contribution in [2.24, 2.45) is 0 Å². The van der Waals surface area contributed by atoms with Gasteiger partial charge in [-0.2, -0.15) is 4.98 Å². The summed E-state index contributed by atoms with van der Waals surface area (Å²) in [5, 5.41) is 14.0. The molecule has 2 N–H and O–H groups in total. The number of ether oxygens (including phenoxy) is 1. The highest BCUT2D eigenvalue weighted by molar-refractivity contribution is 5.41. The summed E-state index contributed by atoms with van der Waals surface area (Å²) in [7, 11) is 1.56. The van der Waals surface area contributed by atoms with Gasteiger partial charge in [0.25, 0.3) is 0 Å². The molecule has 0 radical (unpaired) electrons. The number of anilines is 2. The van der Waals surface area contributed by atoms with Crippen LogP contribution in [0.1, 0.15) is 24.4 Å². The summed E-state index contributed by atoms with van der Waals surface area (Å²) in [4.78, 5) is 8.38. The second kappa shape index (κ2) is 5.41. The van der Waals surface area contributed by atoms with Crippen LogP contribution in [0, 0.1) is 6.92 Å². The maximum atomic E-state index is 5.46. The number of nitrogens with one attached hydrogen (secondary N) is 2. The van der Waals surface area contributed by atoms with Gasteiger partial charge < -0.3 is 14.5 Å². The minimum atomic E-state index is 0.269. The van der Waals surface area contributed by atoms with Gasteiger partial charge in [-0.05, 0) is 19.8 Å². The normalized spacial score (nSPS) is 14.3. The molecule has 106 valence electrons. The van der Waals surface area contributed by atoms with Crippen molar-refractivity contribution in [3.8, 4) is 5.88 Å². The summed E-state index contributed by atoms with van der Waals surface area (Å²) in [6, 6.07) is 2.61. The highest BCUT2D eigenvalue weighted by Crippen LogP contribution is 2.20. The zero-order valence-corrected chi connectivity index (χ0v) is 11.4. The van der Waals surface area contributed by atoms with Crippen LogP contribution in [0.25, 0.3) is 0 Å².